The molecular formula is C55H56IrN4OSi-2. The van der Waals surface area contributed by atoms with Gasteiger partial charge in [-0.1, -0.05) is 132 Å². The molecule has 0 spiro atoms. The summed E-state index contributed by atoms with van der Waals surface area (Å²) in [6.45, 7) is 22.8. The Bertz CT molecular complexity index is 2950. The first-order valence-corrected chi connectivity index (χ1v) is 25.2. The minimum atomic E-state index is -1.34. The zero-order valence-corrected chi connectivity index (χ0v) is 41.0. The van der Waals surface area contributed by atoms with Crippen LogP contribution in [0.3, 0.4) is 0 Å². The molecule has 0 saturated heterocycles. The Morgan fingerprint density at radius 1 is 0.694 bits per heavy atom. The molecule has 0 amide bonds. The van der Waals surface area contributed by atoms with Crippen LogP contribution in [0.15, 0.2) is 132 Å². The fourth-order valence-electron chi connectivity index (χ4n) is 8.40. The molecule has 4 aromatic heterocycles. The number of para-hydroxylation sites is 1. The van der Waals surface area contributed by atoms with Gasteiger partial charge >= 0.3 is 0 Å². The summed E-state index contributed by atoms with van der Waals surface area (Å²) in [6.07, 6.45) is 3.24. The molecule has 0 aliphatic carbocycles. The van der Waals surface area contributed by atoms with E-state index in [1.165, 1.54) is 38.7 Å². The Balaban J connectivity index is 0.000000233. The van der Waals surface area contributed by atoms with Crippen LogP contribution in [-0.2, 0) is 26.5 Å². The Labute approximate surface area is 382 Å². The van der Waals surface area contributed by atoms with E-state index in [-0.39, 0.29) is 31.9 Å². The SMILES string of the molecule is CC(C)Cc1cc(-c2[c-]cccc2)ncc1[Si](C)(C)C.Cc1ccc2c(n1)nc(-c1[c-]ccc3c1oc1ccccc13)n2-c1c(C(C)C)cc(-c2ccccc2)cc1C(C)C.[Ir]. The number of benzene rings is 5. The first-order chi connectivity index (χ1) is 29.3. The van der Waals surface area contributed by atoms with Crippen molar-refractivity contribution < 1.29 is 24.5 Å². The van der Waals surface area contributed by atoms with Gasteiger partial charge in [0.2, 0.25) is 0 Å². The van der Waals surface area contributed by atoms with Gasteiger partial charge in [-0.3, -0.25) is 4.98 Å². The molecule has 9 rings (SSSR count). The van der Waals surface area contributed by atoms with Crippen molar-refractivity contribution in [1.29, 1.82) is 0 Å². The van der Waals surface area contributed by atoms with E-state index >= 15 is 0 Å². The second kappa shape index (κ2) is 18.5. The van der Waals surface area contributed by atoms with Gasteiger partial charge in [0.05, 0.1) is 25.0 Å². The number of imidazole rings is 1. The van der Waals surface area contributed by atoms with E-state index in [1.807, 2.05) is 49.4 Å². The minimum absolute atomic E-state index is 0. The van der Waals surface area contributed by atoms with Gasteiger partial charge in [-0.25, -0.2) is 4.98 Å². The third-order valence-corrected chi connectivity index (χ3v) is 13.4. The molecule has 0 unspecified atom stereocenters. The molecule has 0 bridgehead atoms. The van der Waals surface area contributed by atoms with Crippen molar-refractivity contribution in [3.05, 3.63) is 162 Å². The van der Waals surface area contributed by atoms with Gasteiger partial charge in [-0.05, 0) is 94.6 Å². The molecule has 317 valence electrons. The van der Waals surface area contributed by atoms with Crippen LogP contribution in [0, 0.1) is 25.0 Å². The number of pyridine rings is 2. The van der Waals surface area contributed by atoms with Crippen molar-refractivity contribution >= 4 is 46.4 Å². The molecular weight excluding hydrogens is 953 g/mol. The van der Waals surface area contributed by atoms with E-state index in [1.54, 1.807) is 0 Å². The minimum Gasteiger partial charge on any atom is -0.501 e. The molecule has 62 heavy (non-hydrogen) atoms. The van der Waals surface area contributed by atoms with Crippen LogP contribution < -0.4 is 5.19 Å². The van der Waals surface area contributed by atoms with Gasteiger partial charge in [0, 0.05) is 43.1 Å². The van der Waals surface area contributed by atoms with Crippen LogP contribution in [0.5, 0.6) is 0 Å². The maximum Gasteiger partial charge on any atom is 0.168 e. The molecule has 0 aliphatic rings. The summed E-state index contributed by atoms with van der Waals surface area (Å²) < 4.78 is 8.78. The molecule has 4 heterocycles. The molecule has 9 aromatic rings. The monoisotopic (exact) mass is 1010 g/mol. The van der Waals surface area contributed by atoms with Crippen molar-refractivity contribution in [2.24, 2.45) is 5.92 Å². The zero-order valence-electron chi connectivity index (χ0n) is 37.6. The van der Waals surface area contributed by atoms with E-state index < -0.39 is 8.07 Å². The average Bonchev–Trinajstić information content (AvgIpc) is 3.81. The Morgan fingerprint density at radius 3 is 2.05 bits per heavy atom. The van der Waals surface area contributed by atoms with E-state index in [4.69, 9.17) is 14.4 Å². The maximum absolute atomic E-state index is 6.48. The van der Waals surface area contributed by atoms with E-state index in [0.717, 1.165) is 67.9 Å². The van der Waals surface area contributed by atoms with Crippen molar-refractivity contribution in [2.45, 2.75) is 86.4 Å². The fraction of sp³-hybridized carbons (Fsp3) is 0.255. The number of fused-ring (bicyclic) bond motifs is 4. The summed E-state index contributed by atoms with van der Waals surface area (Å²) in [7, 11) is -1.34. The second-order valence-electron chi connectivity index (χ2n) is 18.3. The molecule has 0 fully saturated rings. The normalized spacial score (nSPS) is 11.8. The van der Waals surface area contributed by atoms with Gasteiger partial charge in [0.1, 0.15) is 5.58 Å². The largest absolute Gasteiger partial charge is 0.501 e. The number of aryl methyl sites for hydroxylation is 1. The van der Waals surface area contributed by atoms with Crippen molar-refractivity contribution in [3.63, 3.8) is 0 Å². The summed E-state index contributed by atoms with van der Waals surface area (Å²) >= 11 is 0. The summed E-state index contributed by atoms with van der Waals surface area (Å²) in [5, 5.41) is 3.64. The van der Waals surface area contributed by atoms with Gasteiger partial charge < -0.3 is 14.0 Å². The molecule has 7 heteroatoms. The molecule has 5 aromatic carbocycles. The number of aromatic nitrogens is 4. The predicted octanol–water partition coefficient (Wildman–Crippen LogP) is 14.3. The summed E-state index contributed by atoms with van der Waals surface area (Å²) in [5.74, 6) is 2.01. The molecule has 0 N–H and O–H groups in total. The van der Waals surface area contributed by atoms with Crippen LogP contribution in [0.2, 0.25) is 19.6 Å². The maximum atomic E-state index is 6.48. The van der Waals surface area contributed by atoms with Crippen molar-refractivity contribution in [1.82, 2.24) is 19.5 Å². The van der Waals surface area contributed by atoms with Crippen LogP contribution in [0.4, 0.5) is 0 Å². The number of hydrogen-bond donors (Lipinski definition) is 0. The first kappa shape index (κ1) is 44.6. The Hall–Kier alpha value is -5.46. The van der Waals surface area contributed by atoms with Gasteiger partial charge in [0.25, 0.3) is 0 Å². The third-order valence-electron chi connectivity index (χ3n) is 11.4. The van der Waals surface area contributed by atoms with Gasteiger partial charge in [0.15, 0.2) is 5.65 Å². The number of nitrogens with zero attached hydrogens (tertiary/aromatic N) is 4. The molecule has 5 nitrogen and oxygen atoms in total. The summed E-state index contributed by atoms with van der Waals surface area (Å²) in [6, 6.07) is 48.9. The molecule has 0 aliphatic heterocycles. The number of rotatable bonds is 9. The first-order valence-electron chi connectivity index (χ1n) is 21.7. The third kappa shape index (κ3) is 9.03. The standard InChI is InChI=1S/C37H32N3O.C18H24NSi.Ir/c1-22(2)30-20-26(25-12-7-6-8-13-25)21-31(23(3)4)34(30)40-32-19-18-24(5)38-36(32)39-37(40)29-16-11-15-28-27-14-9-10-17-33(27)41-35(28)29;1-14(2)11-16-12-17(15-9-7-6-8-10-15)19-13-18(16)20(3,4)5;/h6-15,17-23H,1-5H3;6-9,12-14H,11H2,1-5H3;/q2*-1;. The molecule has 1 radical (unpaired) electrons. The summed E-state index contributed by atoms with van der Waals surface area (Å²) in [4.78, 5) is 14.7. The predicted molar refractivity (Wildman–Crippen MR) is 259 cm³/mol. The molecule has 0 saturated carbocycles. The van der Waals surface area contributed by atoms with Crippen molar-refractivity contribution in [3.8, 4) is 39.5 Å². The molecule has 0 atom stereocenters. The topological polar surface area (TPSA) is 56.7 Å². The van der Waals surface area contributed by atoms with E-state index in [9.17, 15) is 0 Å². The zero-order chi connectivity index (χ0) is 43.0. The number of hydrogen-bond acceptors (Lipinski definition) is 4. The van der Waals surface area contributed by atoms with Crippen LogP contribution in [-0.4, -0.2) is 27.6 Å². The average molecular weight is 1010 g/mol. The summed E-state index contributed by atoms with van der Waals surface area (Å²) in [5.41, 5.74) is 14.9. The smallest absolute Gasteiger partial charge is 0.168 e. The van der Waals surface area contributed by atoms with E-state index in [2.05, 4.69) is 168 Å². The quantitative estimate of drug-likeness (QED) is 0.107. The van der Waals surface area contributed by atoms with E-state index in [0.29, 0.717) is 5.92 Å². The number of furan rings is 1. The van der Waals surface area contributed by atoms with Crippen LogP contribution in [0.1, 0.15) is 75.8 Å². The van der Waals surface area contributed by atoms with Crippen molar-refractivity contribution in [2.75, 3.05) is 0 Å². The Morgan fingerprint density at radius 2 is 1.39 bits per heavy atom. The van der Waals surface area contributed by atoms with Gasteiger partial charge in [-0.15, -0.1) is 54.1 Å². The van der Waals surface area contributed by atoms with Gasteiger partial charge in [-0.2, -0.15) is 0 Å². The van der Waals surface area contributed by atoms with Crippen LogP contribution in [0.25, 0.3) is 72.6 Å². The van der Waals surface area contributed by atoms with Crippen LogP contribution >= 0.6 is 0 Å². The second-order valence-corrected chi connectivity index (χ2v) is 23.3. The fourth-order valence-corrected chi connectivity index (χ4v) is 9.99. The Kier molecular flexibility index (Phi) is 13.3.